The molecule has 0 aliphatic carbocycles. The molecule has 0 heterocycles. The van der Waals surface area contributed by atoms with Crippen molar-refractivity contribution in [2.45, 2.75) is 174 Å². The van der Waals surface area contributed by atoms with Crippen molar-refractivity contribution in [3.8, 4) is 0 Å². The Morgan fingerprint density at radius 1 is 0.714 bits per heavy atom. The minimum atomic E-state index is -4.58. The number of carbonyl (C=O) groups is 1. The van der Waals surface area contributed by atoms with Gasteiger partial charge in [0.15, 0.2) is 0 Å². The molecule has 0 aliphatic heterocycles. The number of carbonyl (C=O) groups excluding carboxylic acids is 1. The van der Waals surface area contributed by atoms with E-state index in [1.54, 1.807) is 6.08 Å². The molecule has 0 saturated carbocycles. The summed E-state index contributed by atoms with van der Waals surface area (Å²) in [4.78, 5) is 25.2. The average Bonchev–Trinajstić information content (AvgIpc) is 3.04. The van der Waals surface area contributed by atoms with Gasteiger partial charge in [-0.05, 0) is 51.4 Å². The Morgan fingerprint density at radius 2 is 1.18 bits per heavy atom. The summed E-state index contributed by atoms with van der Waals surface area (Å²) in [5.74, 6) is -0.210. The van der Waals surface area contributed by atoms with E-state index in [0.717, 1.165) is 57.8 Å². The predicted molar refractivity (Wildman–Crippen MR) is 205 cm³/mol. The first-order valence-electron chi connectivity index (χ1n) is 19.9. The molecule has 288 valence electrons. The standard InChI is InChI=1S/C40H77N2O6P/c1-6-8-10-12-14-16-18-19-20-21-22-23-24-26-28-30-32-34-40(44)41-38(37-48-49(45,46)47-36-35-42(3,4)5)39(43)33-31-29-27-25-17-15-13-11-9-7-2/h14,16,19-20,31,33,38-39,43H,6-13,15,17-18,21-30,32,34-37H2,1-5H3,(H-,41,44,45,46)/b16-14-,20-19-,33-31+. The Bertz CT molecular complexity index is 902. The van der Waals surface area contributed by atoms with E-state index in [0.29, 0.717) is 17.4 Å². The van der Waals surface area contributed by atoms with Crippen LogP contribution in [0.25, 0.3) is 0 Å². The summed E-state index contributed by atoms with van der Waals surface area (Å²) in [6, 6.07) is -0.887. The number of likely N-dealkylation sites (N-methyl/N-ethyl adjacent to an activating group) is 1. The predicted octanol–water partition coefficient (Wildman–Crippen LogP) is 9.72. The van der Waals surface area contributed by atoms with Crippen LogP contribution in [-0.2, 0) is 18.4 Å². The van der Waals surface area contributed by atoms with Crippen molar-refractivity contribution < 1.29 is 32.9 Å². The zero-order valence-corrected chi connectivity index (χ0v) is 33.3. The second kappa shape index (κ2) is 32.6. The van der Waals surface area contributed by atoms with Gasteiger partial charge in [0.2, 0.25) is 5.91 Å². The van der Waals surface area contributed by atoms with Gasteiger partial charge in [-0.3, -0.25) is 9.36 Å². The monoisotopic (exact) mass is 713 g/mol. The van der Waals surface area contributed by atoms with Crippen LogP contribution in [0, 0.1) is 0 Å². The second-order valence-corrected chi connectivity index (χ2v) is 16.0. The fourth-order valence-corrected chi connectivity index (χ4v) is 6.08. The van der Waals surface area contributed by atoms with Crippen LogP contribution in [0.4, 0.5) is 0 Å². The molecular formula is C40H77N2O6P. The van der Waals surface area contributed by atoms with Gasteiger partial charge in [-0.25, -0.2) is 0 Å². The molecule has 0 aromatic rings. The molecule has 0 spiro atoms. The number of aliphatic hydroxyl groups excluding tert-OH is 1. The summed E-state index contributed by atoms with van der Waals surface area (Å²) in [7, 11) is 1.25. The highest BCUT2D eigenvalue weighted by molar-refractivity contribution is 7.45. The van der Waals surface area contributed by atoms with E-state index in [1.165, 1.54) is 83.5 Å². The number of phosphoric acid groups is 1. The maximum absolute atomic E-state index is 12.8. The normalized spacial score (nSPS) is 15.0. The van der Waals surface area contributed by atoms with Crippen molar-refractivity contribution in [2.75, 3.05) is 40.9 Å². The summed E-state index contributed by atoms with van der Waals surface area (Å²) in [6.07, 6.45) is 37.5. The number of quaternary nitrogens is 1. The highest BCUT2D eigenvalue weighted by Gasteiger charge is 2.23. The topological polar surface area (TPSA) is 108 Å². The molecule has 0 bridgehead atoms. The Hall–Kier alpha value is -1.28. The molecule has 0 fully saturated rings. The molecule has 0 aromatic heterocycles. The molecule has 0 aliphatic rings. The third kappa shape index (κ3) is 34.9. The van der Waals surface area contributed by atoms with Crippen molar-refractivity contribution in [2.24, 2.45) is 0 Å². The van der Waals surface area contributed by atoms with E-state index in [4.69, 9.17) is 9.05 Å². The van der Waals surface area contributed by atoms with Crippen LogP contribution in [0.1, 0.15) is 162 Å². The highest BCUT2D eigenvalue weighted by atomic mass is 31.2. The molecule has 0 saturated heterocycles. The van der Waals surface area contributed by atoms with Crippen LogP contribution < -0.4 is 10.2 Å². The van der Waals surface area contributed by atoms with E-state index >= 15 is 0 Å². The van der Waals surface area contributed by atoms with E-state index in [1.807, 2.05) is 27.2 Å². The van der Waals surface area contributed by atoms with Crippen molar-refractivity contribution in [3.05, 3.63) is 36.5 Å². The van der Waals surface area contributed by atoms with Gasteiger partial charge < -0.3 is 28.8 Å². The third-order valence-corrected chi connectivity index (χ3v) is 9.56. The fourth-order valence-electron chi connectivity index (χ4n) is 5.36. The molecule has 0 aromatic carbocycles. The van der Waals surface area contributed by atoms with Crippen LogP contribution >= 0.6 is 7.82 Å². The van der Waals surface area contributed by atoms with Crippen molar-refractivity contribution in [3.63, 3.8) is 0 Å². The lowest BCUT2D eigenvalue weighted by Crippen LogP contribution is -2.45. The first-order valence-corrected chi connectivity index (χ1v) is 21.3. The summed E-state index contributed by atoms with van der Waals surface area (Å²) in [5.41, 5.74) is 0. The molecule has 49 heavy (non-hydrogen) atoms. The minimum absolute atomic E-state index is 0.00344. The number of nitrogens with zero attached hydrogens (tertiary/aromatic N) is 1. The Balaban J connectivity index is 4.46. The van der Waals surface area contributed by atoms with Gasteiger partial charge in [0.05, 0.1) is 39.9 Å². The van der Waals surface area contributed by atoms with Gasteiger partial charge in [0.25, 0.3) is 7.82 Å². The smallest absolute Gasteiger partial charge is 0.268 e. The molecule has 0 radical (unpaired) electrons. The molecule has 3 atom stereocenters. The van der Waals surface area contributed by atoms with Crippen LogP contribution in [0.3, 0.4) is 0 Å². The molecular weight excluding hydrogens is 635 g/mol. The highest BCUT2D eigenvalue weighted by Crippen LogP contribution is 2.38. The molecule has 8 nitrogen and oxygen atoms in total. The van der Waals surface area contributed by atoms with Gasteiger partial charge in [-0.15, -0.1) is 0 Å². The second-order valence-electron chi connectivity index (χ2n) is 14.6. The Kier molecular flexibility index (Phi) is 31.8. The van der Waals surface area contributed by atoms with Crippen LogP contribution in [0.2, 0.25) is 0 Å². The molecule has 3 unspecified atom stereocenters. The average molecular weight is 713 g/mol. The van der Waals surface area contributed by atoms with Crippen LogP contribution in [0.5, 0.6) is 0 Å². The lowest BCUT2D eigenvalue weighted by atomic mass is 10.1. The fraction of sp³-hybridized carbons (Fsp3) is 0.825. The maximum Gasteiger partial charge on any atom is 0.268 e. The number of allylic oxidation sites excluding steroid dienone is 5. The minimum Gasteiger partial charge on any atom is -0.756 e. The molecule has 0 rings (SSSR count). The van der Waals surface area contributed by atoms with Gasteiger partial charge in [-0.2, -0.15) is 0 Å². The molecule has 1 amide bonds. The Morgan fingerprint density at radius 3 is 1.73 bits per heavy atom. The van der Waals surface area contributed by atoms with Gasteiger partial charge in [-0.1, -0.05) is 140 Å². The van der Waals surface area contributed by atoms with E-state index in [-0.39, 0.29) is 19.1 Å². The van der Waals surface area contributed by atoms with Gasteiger partial charge in [0.1, 0.15) is 13.2 Å². The summed E-state index contributed by atoms with van der Waals surface area (Å²) >= 11 is 0. The largest absolute Gasteiger partial charge is 0.756 e. The van der Waals surface area contributed by atoms with Crippen molar-refractivity contribution in [1.82, 2.24) is 5.32 Å². The molecule has 2 N–H and O–H groups in total. The third-order valence-electron chi connectivity index (χ3n) is 8.59. The van der Waals surface area contributed by atoms with Crippen molar-refractivity contribution >= 4 is 13.7 Å². The summed E-state index contributed by atoms with van der Waals surface area (Å²) < 4.78 is 23.1. The number of rotatable bonds is 35. The van der Waals surface area contributed by atoms with Gasteiger partial charge >= 0.3 is 0 Å². The summed E-state index contributed by atoms with van der Waals surface area (Å²) in [6.45, 7) is 4.57. The molecule has 9 heteroatoms. The SMILES string of the molecule is CCCCC/C=C\C/C=C\CCCCCCCCCC(=O)NC(COP(=O)([O-])OCC[N+](C)(C)C)C(O)/C=C/CCCCCCCCCC. The number of aliphatic hydroxyl groups is 1. The van der Waals surface area contributed by atoms with Gasteiger partial charge in [0, 0.05) is 6.42 Å². The number of unbranched alkanes of at least 4 members (excludes halogenated alkanes) is 18. The van der Waals surface area contributed by atoms with E-state index in [9.17, 15) is 19.4 Å². The number of hydrogen-bond acceptors (Lipinski definition) is 6. The van der Waals surface area contributed by atoms with E-state index in [2.05, 4.69) is 43.5 Å². The zero-order chi connectivity index (χ0) is 36.5. The number of phosphoric ester groups is 1. The number of hydrogen-bond donors (Lipinski definition) is 2. The zero-order valence-electron chi connectivity index (χ0n) is 32.4. The number of amides is 1. The van der Waals surface area contributed by atoms with E-state index < -0.39 is 20.0 Å². The van der Waals surface area contributed by atoms with Crippen LogP contribution in [-0.4, -0.2) is 68.5 Å². The lowest BCUT2D eigenvalue weighted by molar-refractivity contribution is -0.870. The Labute approximate surface area is 302 Å². The van der Waals surface area contributed by atoms with Crippen molar-refractivity contribution in [1.29, 1.82) is 0 Å². The van der Waals surface area contributed by atoms with Crippen LogP contribution in [0.15, 0.2) is 36.5 Å². The quantitative estimate of drug-likeness (QED) is 0.0293. The number of nitrogens with one attached hydrogen (secondary N) is 1. The summed E-state index contributed by atoms with van der Waals surface area (Å²) in [5, 5.41) is 13.7. The first-order chi connectivity index (χ1) is 23.5. The maximum atomic E-state index is 12.8. The lowest BCUT2D eigenvalue weighted by Gasteiger charge is -2.29. The first kappa shape index (κ1) is 47.7.